The molecule has 2 amide bonds. The smallest absolute Gasteiger partial charge is 0.243 e. The third-order valence-corrected chi connectivity index (χ3v) is 6.66. The van der Waals surface area contributed by atoms with E-state index in [1.807, 2.05) is 0 Å². The summed E-state index contributed by atoms with van der Waals surface area (Å²) in [5, 5.41) is 2.82. The zero-order chi connectivity index (χ0) is 22.5. The summed E-state index contributed by atoms with van der Waals surface area (Å²) in [6.07, 6.45) is 0. The molecule has 1 atom stereocenters. The molecule has 1 N–H and O–H groups in total. The Morgan fingerprint density at radius 1 is 1.13 bits per heavy atom. The summed E-state index contributed by atoms with van der Waals surface area (Å²) in [5.74, 6) is -1.63. The molecule has 0 aliphatic carbocycles. The van der Waals surface area contributed by atoms with E-state index in [-0.39, 0.29) is 17.0 Å². The van der Waals surface area contributed by atoms with Gasteiger partial charge in [0.05, 0.1) is 11.4 Å². The van der Waals surface area contributed by atoms with E-state index in [1.54, 1.807) is 6.07 Å². The molecule has 0 aromatic heterocycles. The predicted molar refractivity (Wildman–Crippen MR) is 112 cm³/mol. The van der Waals surface area contributed by atoms with Crippen LogP contribution in [-0.4, -0.2) is 56.1 Å². The maximum Gasteiger partial charge on any atom is 0.243 e. The second-order valence-electron chi connectivity index (χ2n) is 6.62. The normalized spacial score (nSPS) is 12.5. The lowest BCUT2D eigenvalue weighted by molar-refractivity contribution is -0.140. The number of nitrogens with one attached hydrogen (secondary N) is 1. The molecular weight excluding hydrogens is 433 g/mol. The number of carbonyl (C=O) groups excluding carboxylic acids is 2. The number of hydrogen-bond donors (Lipinski definition) is 1. The van der Waals surface area contributed by atoms with Crippen molar-refractivity contribution < 1.29 is 22.4 Å². The first-order chi connectivity index (χ1) is 14.1. The zero-order valence-corrected chi connectivity index (χ0v) is 18.4. The van der Waals surface area contributed by atoms with E-state index in [2.05, 4.69) is 5.32 Å². The van der Waals surface area contributed by atoms with Crippen molar-refractivity contribution in [2.75, 3.05) is 20.6 Å². The second-order valence-corrected chi connectivity index (χ2v) is 9.10. The number of benzene rings is 2. The monoisotopic (exact) mass is 455 g/mol. The number of sulfonamides is 1. The molecular formula is C20H23ClFN3O4S. The summed E-state index contributed by atoms with van der Waals surface area (Å²) in [7, 11) is -1.29. The second kappa shape index (κ2) is 10.0. The molecule has 0 unspecified atom stereocenters. The van der Waals surface area contributed by atoms with Crippen LogP contribution in [0.3, 0.4) is 0 Å². The minimum atomic E-state index is -3.96. The van der Waals surface area contributed by atoms with Crippen LogP contribution >= 0.6 is 11.6 Å². The summed E-state index contributed by atoms with van der Waals surface area (Å²) in [4.78, 5) is 26.2. The fourth-order valence-corrected chi connectivity index (χ4v) is 4.00. The van der Waals surface area contributed by atoms with Crippen molar-refractivity contribution in [1.29, 1.82) is 0 Å². The average Bonchev–Trinajstić information content (AvgIpc) is 2.72. The topological polar surface area (TPSA) is 86.8 Å². The Kier molecular flexibility index (Phi) is 7.94. The van der Waals surface area contributed by atoms with Crippen molar-refractivity contribution in [3.05, 3.63) is 64.9 Å². The highest BCUT2D eigenvalue weighted by molar-refractivity contribution is 7.89. The van der Waals surface area contributed by atoms with E-state index < -0.39 is 40.2 Å². The van der Waals surface area contributed by atoms with E-state index in [4.69, 9.17) is 11.6 Å². The van der Waals surface area contributed by atoms with Crippen molar-refractivity contribution in [2.24, 2.45) is 0 Å². The van der Waals surface area contributed by atoms with Gasteiger partial charge in [0.1, 0.15) is 11.9 Å². The van der Waals surface area contributed by atoms with Gasteiger partial charge in [-0.1, -0.05) is 29.8 Å². The fraction of sp³-hybridized carbons (Fsp3) is 0.300. The summed E-state index contributed by atoms with van der Waals surface area (Å²) < 4.78 is 40.5. The highest BCUT2D eigenvalue weighted by atomic mass is 35.5. The van der Waals surface area contributed by atoms with Crippen LogP contribution in [0.2, 0.25) is 5.02 Å². The highest BCUT2D eigenvalue weighted by Crippen LogP contribution is 2.19. The van der Waals surface area contributed by atoms with Gasteiger partial charge in [0, 0.05) is 31.2 Å². The van der Waals surface area contributed by atoms with Crippen LogP contribution in [0.5, 0.6) is 0 Å². The third kappa shape index (κ3) is 5.56. The lowest BCUT2D eigenvalue weighted by atomic mass is 10.1. The molecule has 0 saturated carbocycles. The van der Waals surface area contributed by atoms with Crippen molar-refractivity contribution in [1.82, 2.24) is 14.5 Å². The van der Waals surface area contributed by atoms with Gasteiger partial charge < -0.3 is 10.2 Å². The Morgan fingerprint density at radius 3 is 2.30 bits per heavy atom. The number of likely N-dealkylation sites (N-methyl/N-ethyl adjacent to an activating group) is 2. The van der Waals surface area contributed by atoms with E-state index >= 15 is 0 Å². The van der Waals surface area contributed by atoms with Gasteiger partial charge in [-0.25, -0.2) is 12.8 Å². The van der Waals surface area contributed by atoms with Crippen molar-refractivity contribution in [3.63, 3.8) is 0 Å². The first-order valence-electron chi connectivity index (χ1n) is 9.04. The SMILES string of the molecule is CNC(=O)[C@H](C)N(Cc1ccccc1F)C(=O)CN(C)S(=O)(=O)c1ccc(Cl)cc1. The molecule has 0 aliphatic rings. The standard InChI is InChI=1S/C20H23ClFN3O4S/c1-14(20(27)23-2)25(12-15-6-4-5-7-18(15)22)19(26)13-24(3)30(28,29)17-10-8-16(21)9-11-17/h4-11,14H,12-13H2,1-3H3,(H,23,27)/t14-/m0/s1. The molecule has 162 valence electrons. The van der Waals surface area contributed by atoms with Gasteiger partial charge >= 0.3 is 0 Å². The van der Waals surface area contributed by atoms with Crippen LogP contribution in [0, 0.1) is 5.82 Å². The van der Waals surface area contributed by atoms with E-state index in [9.17, 15) is 22.4 Å². The number of rotatable bonds is 8. The Balaban J connectivity index is 2.27. The minimum Gasteiger partial charge on any atom is -0.357 e. The van der Waals surface area contributed by atoms with Crippen LogP contribution in [0.25, 0.3) is 0 Å². The largest absolute Gasteiger partial charge is 0.357 e. The van der Waals surface area contributed by atoms with Gasteiger partial charge in [-0.15, -0.1) is 0 Å². The highest BCUT2D eigenvalue weighted by Gasteiger charge is 2.30. The van der Waals surface area contributed by atoms with Crippen LogP contribution in [0.15, 0.2) is 53.4 Å². The quantitative estimate of drug-likeness (QED) is 0.661. The fourth-order valence-electron chi connectivity index (χ4n) is 2.75. The maximum atomic E-state index is 14.1. The molecule has 0 bridgehead atoms. The molecule has 30 heavy (non-hydrogen) atoms. The molecule has 7 nitrogen and oxygen atoms in total. The zero-order valence-electron chi connectivity index (χ0n) is 16.8. The molecule has 2 rings (SSSR count). The summed E-state index contributed by atoms with van der Waals surface area (Å²) in [6.45, 7) is 0.779. The Morgan fingerprint density at radius 2 is 1.73 bits per heavy atom. The number of amides is 2. The summed E-state index contributed by atoms with van der Waals surface area (Å²) in [6, 6.07) is 10.5. The first kappa shape index (κ1) is 23.8. The molecule has 0 aliphatic heterocycles. The Labute approximate surface area is 180 Å². The maximum absolute atomic E-state index is 14.1. The number of hydrogen-bond acceptors (Lipinski definition) is 4. The molecule has 0 radical (unpaired) electrons. The average molecular weight is 456 g/mol. The minimum absolute atomic E-state index is 0.0257. The van der Waals surface area contributed by atoms with E-state index in [0.717, 1.165) is 9.21 Å². The van der Waals surface area contributed by atoms with Crippen molar-refractivity contribution >= 4 is 33.4 Å². The lowest BCUT2D eigenvalue weighted by Crippen LogP contribution is -2.50. The van der Waals surface area contributed by atoms with E-state index in [1.165, 1.54) is 63.5 Å². The van der Waals surface area contributed by atoms with Crippen molar-refractivity contribution in [3.8, 4) is 0 Å². The summed E-state index contributed by atoms with van der Waals surface area (Å²) in [5.41, 5.74) is 0.213. The Bertz CT molecular complexity index is 1010. The molecule has 0 heterocycles. The number of halogens is 2. The lowest BCUT2D eigenvalue weighted by Gasteiger charge is -2.30. The number of carbonyl (C=O) groups is 2. The molecule has 0 fully saturated rings. The molecule has 2 aromatic rings. The van der Waals surface area contributed by atoms with Gasteiger partial charge in [0.15, 0.2) is 0 Å². The summed E-state index contributed by atoms with van der Waals surface area (Å²) >= 11 is 5.80. The van der Waals surface area contributed by atoms with E-state index in [0.29, 0.717) is 5.02 Å². The van der Waals surface area contributed by atoms with Crippen molar-refractivity contribution in [2.45, 2.75) is 24.4 Å². The van der Waals surface area contributed by atoms with Gasteiger partial charge in [-0.05, 0) is 37.3 Å². The van der Waals surface area contributed by atoms with Crippen LogP contribution in [0.1, 0.15) is 12.5 Å². The van der Waals surface area contributed by atoms with Crippen LogP contribution in [-0.2, 0) is 26.2 Å². The molecule has 0 spiro atoms. The van der Waals surface area contributed by atoms with Gasteiger partial charge in [-0.2, -0.15) is 4.31 Å². The molecule has 0 saturated heterocycles. The first-order valence-corrected chi connectivity index (χ1v) is 10.9. The van der Waals surface area contributed by atoms with Crippen LogP contribution in [0.4, 0.5) is 4.39 Å². The molecule has 10 heteroatoms. The number of nitrogens with zero attached hydrogens (tertiary/aromatic N) is 2. The predicted octanol–water partition coefficient (Wildman–Crippen LogP) is 2.26. The van der Waals surface area contributed by atoms with Gasteiger partial charge in [-0.3, -0.25) is 9.59 Å². The third-order valence-electron chi connectivity index (χ3n) is 4.59. The van der Waals surface area contributed by atoms with Gasteiger partial charge in [0.2, 0.25) is 21.8 Å². The Hall–Kier alpha value is -2.49. The molecule has 2 aromatic carbocycles. The van der Waals surface area contributed by atoms with Gasteiger partial charge in [0.25, 0.3) is 0 Å². The van der Waals surface area contributed by atoms with Crippen LogP contribution < -0.4 is 5.32 Å².